The molecule has 0 spiro atoms. The molecule has 0 saturated carbocycles. The quantitative estimate of drug-likeness (QED) is 0.905. The molecular weight excluding hydrogens is 304 g/mol. The maximum atomic E-state index is 9.57. The summed E-state index contributed by atoms with van der Waals surface area (Å²) in [6.45, 7) is 6.56. The van der Waals surface area contributed by atoms with E-state index in [4.69, 9.17) is 0 Å². The Morgan fingerprint density at radius 2 is 2.16 bits per heavy atom. The van der Waals surface area contributed by atoms with Crippen LogP contribution in [0.15, 0.2) is 22.7 Å². The first kappa shape index (κ1) is 14.8. The van der Waals surface area contributed by atoms with Crippen molar-refractivity contribution in [2.75, 3.05) is 31.6 Å². The normalized spacial score (nSPS) is 25.4. The lowest BCUT2D eigenvalue weighted by Crippen LogP contribution is -2.43. The van der Waals surface area contributed by atoms with Crippen LogP contribution in [0.3, 0.4) is 0 Å². The zero-order chi connectivity index (χ0) is 14.0. The van der Waals surface area contributed by atoms with Crippen molar-refractivity contribution >= 4 is 21.6 Å². The molecule has 1 N–H and O–H groups in total. The van der Waals surface area contributed by atoms with E-state index in [0.717, 1.165) is 24.0 Å². The van der Waals surface area contributed by atoms with Crippen molar-refractivity contribution in [3.05, 3.63) is 28.2 Å². The van der Waals surface area contributed by atoms with E-state index in [1.54, 1.807) is 0 Å². The molecule has 4 heteroatoms. The lowest BCUT2D eigenvalue weighted by molar-refractivity contribution is 0.159. The van der Waals surface area contributed by atoms with Crippen LogP contribution in [0.25, 0.3) is 0 Å². The van der Waals surface area contributed by atoms with Gasteiger partial charge in [-0.05, 0) is 51.1 Å². The highest BCUT2D eigenvalue weighted by Gasteiger charge is 2.26. The molecule has 0 radical (unpaired) electrons. The first-order valence-electron chi connectivity index (χ1n) is 6.87. The molecule has 1 fully saturated rings. The number of aryl methyl sites for hydroxylation is 1. The number of hydrogen-bond donors (Lipinski definition) is 1. The Bertz CT molecular complexity index is 438. The number of aliphatic hydroxyl groups excluding tert-OH is 1. The van der Waals surface area contributed by atoms with Crippen LogP contribution >= 0.6 is 15.9 Å². The molecule has 2 atom stereocenters. The van der Waals surface area contributed by atoms with E-state index < -0.39 is 0 Å². The second kappa shape index (κ2) is 6.25. The Hall–Kier alpha value is -0.580. The maximum absolute atomic E-state index is 9.57. The SMILES string of the molecule is Cc1cc(Br)ccc1N1CC(CO)N(C)CCC1C. The Balaban J connectivity index is 2.29. The molecule has 1 aliphatic rings. The molecular formula is C15H23BrN2O. The molecule has 1 aromatic rings. The van der Waals surface area contributed by atoms with Gasteiger partial charge in [0.15, 0.2) is 0 Å². The summed E-state index contributed by atoms with van der Waals surface area (Å²) in [5.74, 6) is 0. The van der Waals surface area contributed by atoms with Gasteiger partial charge in [-0.25, -0.2) is 0 Å². The lowest BCUT2D eigenvalue weighted by Gasteiger charge is -2.33. The van der Waals surface area contributed by atoms with E-state index >= 15 is 0 Å². The molecule has 0 aliphatic carbocycles. The zero-order valence-corrected chi connectivity index (χ0v) is 13.5. The van der Waals surface area contributed by atoms with Crippen LogP contribution in [-0.2, 0) is 0 Å². The minimum absolute atomic E-state index is 0.216. The Morgan fingerprint density at radius 1 is 1.42 bits per heavy atom. The Morgan fingerprint density at radius 3 is 2.79 bits per heavy atom. The summed E-state index contributed by atoms with van der Waals surface area (Å²) in [6, 6.07) is 7.14. The Labute approximate surface area is 124 Å². The van der Waals surface area contributed by atoms with Gasteiger partial charge in [-0.15, -0.1) is 0 Å². The van der Waals surface area contributed by atoms with E-state index in [1.807, 2.05) is 0 Å². The minimum Gasteiger partial charge on any atom is -0.395 e. The van der Waals surface area contributed by atoms with Crippen LogP contribution < -0.4 is 4.90 Å². The van der Waals surface area contributed by atoms with Gasteiger partial charge >= 0.3 is 0 Å². The second-order valence-corrected chi connectivity index (χ2v) is 6.45. The third kappa shape index (κ3) is 3.30. The molecule has 2 rings (SSSR count). The summed E-state index contributed by atoms with van der Waals surface area (Å²) in [6.07, 6.45) is 1.13. The molecule has 1 aromatic carbocycles. The van der Waals surface area contributed by atoms with Crippen molar-refractivity contribution in [3.63, 3.8) is 0 Å². The van der Waals surface area contributed by atoms with Gasteiger partial charge in [0, 0.05) is 35.3 Å². The van der Waals surface area contributed by atoms with Gasteiger partial charge in [0.05, 0.1) is 6.61 Å². The smallest absolute Gasteiger partial charge is 0.0604 e. The molecule has 106 valence electrons. The van der Waals surface area contributed by atoms with Crippen LogP contribution in [0.1, 0.15) is 18.9 Å². The average molecular weight is 327 g/mol. The van der Waals surface area contributed by atoms with Gasteiger partial charge in [0.1, 0.15) is 0 Å². The monoisotopic (exact) mass is 326 g/mol. The Kier molecular flexibility index (Phi) is 4.87. The van der Waals surface area contributed by atoms with Crippen molar-refractivity contribution in [1.82, 2.24) is 4.90 Å². The third-order valence-corrected chi connectivity index (χ3v) is 4.63. The van der Waals surface area contributed by atoms with Crippen molar-refractivity contribution < 1.29 is 5.11 Å². The number of hydrogen-bond acceptors (Lipinski definition) is 3. The number of anilines is 1. The number of rotatable bonds is 2. The van der Waals surface area contributed by atoms with Gasteiger partial charge in [-0.1, -0.05) is 15.9 Å². The highest BCUT2D eigenvalue weighted by Crippen LogP contribution is 2.28. The first-order valence-corrected chi connectivity index (χ1v) is 7.66. The van der Waals surface area contributed by atoms with E-state index in [0.29, 0.717) is 6.04 Å². The summed E-state index contributed by atoms with van der Waals surface area (Å²) in [5, 5.41) is 9.57. The van der Waals surface area contributed by atoms with Gasteiger partial charge in [-0.3, -0.25) is 4.90 Å². The fourth-order valence-electron chi connectivity index (χ4n) is 2.75. The van der Waals surface area contributed by atoms with Gasteiger partial charge < -0.3 is 10.0 Å². The highest BCUT2D eigenvalue weighted by molar-refractivity contribution is 9.10. The number of nitrogens with zero attached hydrogens (tertiary/aromatic N) is 2. The lowest BCUT2D eigenvalue weighted by atomic mass is 10.1. The van der Waals surface area contributed by atoms with Crippen LogP contribution in [0.5, 0.6) is 0 Å². The molecule has 0 aromatic heterocycles. The van der Waals surface area contributed by atoms with Crippen molar-refractivity contribution in [1.29, 1.82) is 0 Å². The van der Waals surface area contributed by atoms with Gasteiger partial charge in [0.2, 0.25) is 0 Å². The minimum atomic E-state index is 0.216. The summed E-state index contributed by atoms with van der Waals surface area (Å²) >= 11 is 3.52. The summed E-state index contributed by atoms with van der Waals surface area (Å²) < 4.78 is 1.12. The van der Waals surface area contributed by atoms with Crippen LogP contribution in [0.4, 0.5) is 5.69 Å². The predicted molar refractivity (Wildman–Crippen MR) is 83.8 cm³/mol. The standard InChI is InChI=1S/C15H23BrN2O/c1-11-8-13(16)4-5-15(11)18-9-14(10-19)17(3)7-6-12(18)2/h4-5,8,12,14,19H,6-7,9-10H2,1-3H3. The summed E-state index contributed by atoms with van der Waals surface area (Å²) in [7, 11) is 2.10. The number of benzene rings is 1. The average Bonchev–Trinajstić information content (AvgIpc) is 2.51. The molecule has 0 amide bonds. The van der Waals surface area contributed by atoms with E-state index in [2.05, 4.69) is 64.8 Å². The van der Waals surface area contributed by atoms with E-state index in [9.17, 15) is 5.11 Å². The number of aliphatic hydroxyl groups is 1. The molecule has 3 nitrogen and oxygen atoms in total. The number of likely N-dealkylation sites (N-methyl/N-ethyl adjacent to an activating group) is 1. The topological polar surface area (TPSA) is 26.7 Å². The van der Waals surface area contributed by atoms with E-state index in [1.165, 1.54) is 11.3 Å². The molecule has 1 aliphatic heterocycles. The molecule has 2 unspecified atom stereocenters. The summed E-state index contributed by atoms with van der Waals surface area (Å²) in [4.78, 5) is 4.71. The molecule has 0 bridgehead atoms. The zero-order valence-electron chi connectivity index (χ0n) is 11.9. The van der Waals surface area contributed by atoms with E-state index in [-0.39, 0.29) is 12.6 Å². The van der Waals surface area contributed by atoms with Crippen LogP contribution in [0.2, 0.25) is 0 Å². The van der Waals surface area contributed by atoms with Crippen molar-refractivity contribution in [2.45, 2.75) is 32.4 Å². The predicted octanol–water partition coefficient (Wildman–Crippen LogP) is 2.65. The largest absolute Gasteiger partial charge is 0.395 e. The highest BCUT2D eigenvalue weighted by atomic mass is 79.9. The van der Waals surface area contributed by atoms with Crippen molar-refractivity contribution in [3.8, 4) is 0 Å². The number of halogens is 1. The third-order valence-electron chi connectivity index (χ3n) is 4.14. The fourth-order valence-corrected chi connectivity index (χ4v) is 3.22. The second-order valence-electron chi connectivity index (χ2n) is 5.54. The van der Waals surface area contributed by atoms with Crippen LogP contribution in [-0.4, -0.2) is 48.8 Å². The summed E-state index contributed by atoms with van der Waals surface area (Å²) in [5.41, 5.74) is 2.56. The van der Waals surface area contributed by atoms with Gasteiger partial charge in [-0.2, -0.15) is 0 Å². The molecule has 1 heterocycles. The van der Waals surface area contributed by atoms with Crippen molar-refractivity contribution in [2.24, 2.45) is 0 Å². The fraction of sp³-hybridized carbons (Fsp3) is 0.600. The van der Waals surface area contributed by atoms with Gasteiger partial charge in [0.25, 0.3) is 0 Å². The first-order chi connectivity index (χ1) is 9.02. The maximum Gasteiger partial charge on any atom is 0.0604 e. The van der Waals surface area contributed by atoms with Crippen LogP contribution in [0, 0.1) is 6.92 Å². The molecule has 19 heavy (non-hydrogen) atoms. The molecule has 1 saturated heterocycles.